The molecular weight excluding hydrogens is 398 g/mol. The van der Waals surface area contributed by atoms with Crippen LogP contribution in [0.25, 0.3) is 0 Å². The van der Waals surface area contributed by atoms with E-state index in [1.54, 1.807) is 25.3 Å². The lowest BCUT2D eigenvalue weighted by Crippen LogP contribution is -2.31. The first-order valence-electron chi connectivity index (χ1n) is 9.93. The quantitative estimate of drug-likeness (QED) is 0.456. The van der Waals surface area contributed by atoms with Crippen molar-refractivity contribution < 1.29 is 14.3 Å². The minimum absolute atomic E-state index is 0.102. The Morgan fingerprint density at radius 2 is 1.90 bits per heavy atom. The van der Waals surface area contributed by atoms with Crippen molar-refractivity contribution in [2.75, 3.05) is 14.2 Å². The average Bonchev–Trinajstić information content (AvgIpc) is 3.04. The Balaban J connectivity index is 1.83. The van der Waals surface area contributed by atoms with Crippen molar-refractivity contribution in [3.63, 3.8) is 0 Å². The van der Waals surface area contributed by atoms with Crippen LogP contribution in [0.2, 0.25) is 0 Å². The fourth-order valence-corrected chi connectivity index (χ4v) is 4.43. The third-order valence-corrected chi connectivity index (χ3v) is 6.15. The molecule has 1 aliphatic rings. The van der Waals surface area contributed by atoms with Crippen molar-refractivity contribution in [2.45, 2.75) is 38.5 Å². The summed E-state index contributed by atoms with van der Waals surface area (Å²) in [4.78, 5) is 14.7. The van der Waals surface area contributed by atoms with Gasteiger partial charge in [0.05, 0.1) is 32.2 Å². The Labute approximate surface area is 182 Å². The monoisotopic (exact) mass is 425 g/mol. The summed E-state index contributed by atoms with van der Waals surface area (Å²) in [5.74, 6) is 1.39. The number of methoxy groups -OCH3 is 2. The second kappa shape index (κ2) is 10.3. The van der Waals surface area contributed by atoms with E-state index in [2.05, 4.69) is 30.1 Å². The van der Waals surface area contributed by atoms with Gasteiger partial charge in [-0.25, -0.2) is 0 Å². The topological polar surface area (TPSA) is 63.5 Å². The van der Waals surface area contributed by atoms with Gasteiger partial charge in [-0.3, -0.25) is 9.69 Å². The molecule has 7 heteroatoms. The molecule has 1 amide bonds. The predicted molar refractivity (Wildman–Crippen MR) is 123 cm³/mol. The molecule has 0 radical (unpaired) electrons. The highest BCUT2D eigenvalue weighted by molar-refractivity contribution is 8.15. The largest absolute Gasteiger partial charge is 0.493 e. The number of hydrogen-bond acceptors (Lipinski definition) is 6. The van der Waals surface area contributed by atoms with Crippen LogP contribution in [-0.4, -0.2) is 41.7 Å². The van der Waals surface area contributed by atoms with Crippen LogP contribution in [0.3, 0.4) is 0 Å². The van der Waals surface area contributed by atoms with Gasteiger partial charge < -0.3 is 9.47 Å². The van der Waals surface area contributed by atoms with E-state index in [0.717, 1.165) is 29.5 Å². The predicted octanol–water partition coefficient (Wildman–Crippen LogP) is 4.65. The van der Waals surface area contributed by atoms with E-state index in [1.807, 2.05) is 36.4 Å². The molecule has 1 saturated heterocycles. The van der Waals surface area contributed by atoms with Crippen LogP contribution < -0.4 is 9.47 Å². The Kier molecular flexibility index (Phi) is 7.52. The molecule has 0 aliphatic carbocycles. The lowest BCUT2D eigenvalue weighted by Gasteiger charge is -2.17. The maximum absolute atomic E-state index is 13.0. The van der Waals surface area contributed by atoms with Crippen LogP contribution >= 0.6 is 11.8 Å². The first kappa shape index (κ1) is 21.9. The lowest BCUT2D eigenvalue weighted by atomic mass is 10.1. The lowest BCUT2D eigenvalue weighted by molar-refractivity contribution is -0.126. The van der Waals surface area contributed by atoms with E-state index in [-0.39, 0.29) is 11.2 Å². The minimum atomic E-state index is -0.103. The second-order valence-corrected chi connectivity index (χ2v) is 8.16. The summed E-state index contributed by atoms with van der Waals surface area (Å²) in [5, 5.41) is 9.17. The highest BCUT2D eigenvalue weighted by Gasteiger charge is 2.37. The maximum Gasteiger partial charge on any atom is 0.242 e. The van der Waals surface area contributed by atoms with Crippen LogP contribution in [0.1, 0.15) is 36.5 Å². The summed E-state index contributed by atoms with van der Waals surface area (Å²) in [6, 6.07) is 13.6. The fourth-order valence-electron chi connectivity index (χ4n) is 3.21. The molecule has 0 bridgehead atoms. The van der Waals surface area contributed by atoms with Crippen molar-refractivity contribution >= 4 is 29.1 Å². The number of hydrogen-bond donors (Lipinski definition) is 0. The van der Waals surface area contributed by atoms with Gasteiger partial charge in [0.25, 0.3) is 0 Å². The summed E-state index contributed by atoms with van der Waals surface area (Å²) in [6.07, 6.45) is 3.43. The Bertz CT molecular complexity index is 958. The molecule has 6 nitrogen and oxygen atoms in total. The zero-order valence-corrected chi connectivity index (χ0v) is 18.6. The maximum atomic E-state index is 13.0. The SMILES string of the molecule is CCCC1S/C(=N\N=C\c2ccc(OC)c(OC)c2)N(Cc2ccccc2C)C1=O. The third-order valence-electron chi connectivity index (χ3n) is 4.92. The molecule has 158 valence electrons. The van der Waals surface area contributed by atoms with Gasteiger partial charge in [-0.15, -0.1) is 5.10 Å². The standard InChI is InChI=1S/C23H27N3O3S/c1-5-8-21-22(27)26(15-18-10-7-6-9-16(18)2)23(30-21)25-24-14-17-11-12-19(28-3)20(13-17)29-4/h6-7,9-14,21H,5,8,15H2,1-4H3/b24-14+,25-23-. The molecule has 3 rings (SSSR count). The molecule has 1 fully saturated rings. The number of thioether (sulfide) groups is 1. The molecule has 0 N–H and O–H groups in total. The summed E-state index contributed by atoms with van der Waals surface area (Å²) in [6.45, 7) is 4.64. The molecule has 0 spiro atoms. The van der Waals surface area contributed by atoms with E-state index >= 15 is 0 Å². The summed E-state index contributed by atoms with van der Waals surface area (Å²) >= 11 is 1.49. The van der Waals surface area contributed by atoms with Gasteiger partial charge in [0.1, 0.15) is 0 Å². The van der Waals surface area contributed by atoms with Crippen LogP contribution in [-0.2, 0) is 11.3 Å². The normalized spacial score (nSPS) is 17.9. The van der Waals surface area contributed by atoms with Crippen molar-refractivity contribution in [1.82, 2.24) is 4.90 Å². The van der Waals surface area contributed by atoms with Crippen molar-refractivity contribution in [3.8, 4) is 11.5 Å². The fraction of sp³-hybridized carbons (Fsp3) is 0.348. The Hall–Kier alpha value is -2.80. The number of carbonyl (C=O) groups excluding carboxylic acids is 1. The Morgan fingerprint density at radius 1 is 1.13 bits per heavy atom. The third kappa shape index (κ3) is 5.02. The minimum Gasteiger partial charge on any atom is -0.493 e. The number of nitrogens with zero attached hydrogens (tertiary/aromatic N) is 3. The molecule has 0 saturated carbocycles. The molecule has 2 aromatic rings. The number of amidine groups is 1. The Morgan fingerprint density at radius 3 is 2.60 bits per heavy atom. The van der Waals surface area contributed by atoms with Gasteiger partial charge in [0, 0.05) is 0 Å². The van der Waals surface area contributed by atoms with Gasteiger partial charge >= 0.3 is 0 Å². The molecule has 1 heterocycles. The van der Waals surface area contributed by atoms with E-state index < -0.39 is 0 Å². The summed E-state index contributed by atoms with van der Waals surface area (Å²) < 4.78 is 10.6. The van der Waals surface area contributed by atoms with Gasteiger partial charge in [-0.2, -0.15) is 5.10 Å². The smallest absolute Gasteiger partial charge is 0.242 e. The van der Waals surface area contributed by atoms with Gasteiger partial charge in [0.15, 0.2) is 16.7 Å². The first-order valence-corrected chi connectivity index (χ1v) is 10.8. The molecule has 2 aromatic carbocycles. The van der Waals surface area contributed by atoms with Crippen LogP contribution in [0.4, 0.5) is 0 Å². The van der Waals surface area contributed by atoms with Crippen LogP contribution in [0.5, 0.6) is 11.5 Å². The van der Waals surface area contributed by atoms with E-state index in [0.29, 0.717) is 23.2 Å². The first-order chi connectivity index (χ1) is 14.6. The van der Waals surface area contributed by atoms with Crippen molar-refractivity contribution in [2.24, 2.45) is 10.2 Å². The van der Waals surface area contributed by atoms with Gasteiger partial charge in [0.2, 0.25) is 5.91 Å². The number of carbonyl (C=O) groups is 1. The van der Waals surface area contributed by atoms with Crippen LogP contribution in [0, 0.1) is 6.92 Å². The molecule has 1 atom stereocenters. The molecule has 30 heavy (non-hydrogen) atoms. The highest BCUT2D eigenvalue weighted by Crippen LogP contribution is 2.32. The highest BCUT2D eigenvalue weighted by atomic mass is 32.2. The number of benzene rings is 2. The van der Waals surface area contributed by atoms with E-state index in [4.69, 9.17) is 9.47 Å². The molecular formula is C23H27N3O3S. The molecule has 1 unspecified atom stereocenters. The van der Waals surface area contributed by atoms with Crippen LogP contribution in [0.15, 0.2) is 52.7 Å². The zero-order valence-electron chi connectivity index (χ0n) is 17.8. The van der Waals surface area contributed by atoms with Crippen molar-refractivity contribution in [3.05, 3.63) is 59.2 Å². The molecule has 1 aliphatic heterocycles. The summed E-state index contributed by atoms with van der Waals surface area (Å²) in [7, 11) is 3.19. The van der Waals surface area contributed by atoms with Gasteiger partial charge in [-0.1, -0.05) is 49.4 Å². The number of ether oxygens (including phenoxy) is 2. The van der Waals surface area contributed by atoms with Crippen molar-refractivity contribution in [1.29, 1.82) is 0 Å². The van der Waals surface area contributed by atoms with E-state index in [9.17, 15) is 4.79 Å². The number of amides is 1. The number of aryl methyl sites for hydroxylation is 1. The number of rotatable bonds is 8. The van der Waals surface area contributed by atoms with Gasteiger partial charge in [-0.05, 0) is 48.2 Å². The second-order valence-electron chi connectivity index (χ2n) is 6.99. The summed E-state index contributed by atoms with van der Waals surface area (Å²) in [5.41, 5.74) is 3.10. The molecule has 0 aromatic heterocycles. The van der Waals surface area contributed by atoms with E-state index in [1.165, 1.54) is 11.8 Å². The average molecular weight is 426 g/mol. The zero-order chi connectivity index (χ0) is 21.5.